The number of nitrogens with zero attached hydrogens (tertiary/aromatic N) is 3. The van der Waals surface area contributed by atoms with Crippen LogP contribution in [0.4, 0.5) is 11.4 Å². The summed E-state index contributed by atoms with van der Waals surface area (Å²) in [5, 5.41) is 21.7. The van der Waals surface area contributed by atoms with Gasteiger partial charge in [0.25, 0.3) is 11.2 Å². The summed E-state index contributed by atoms with van der Waals surface area (Å²) in [6.07, 6.45) is 4.60. The maximum atomic E-state index is 11.8. The molecule has 0 bridgehead atoms. The Balaban J connectivity index is 1.77. The molecule has 160 valence electrons. The van der Waals surface area contributed by atoms with Crippen LogP contribution in [0.2, 0.25) is 0 Å². The third-order valence-electron chi connectivity index (χ3n) is 4.47. The van der Waals surface area contributed by atoms with E-state index in [1.54, 1.807) is 18.2 Å². The average Bonchev–Trinajstić information content (AvgIpc) is 2.78. The molecule has 0 saturated heterocycles. The number of aromatic amines is 1. The molecular formula is C22H23N5O4. The molecular weight excluding hydrogens is 398 g/mol. The number of hydrazone groups is 1. The van der Waals surface area contributed by atoms with Gasteiger partial charge in [-0.2, -0.15) is 10.2 Å². The molecule has 9 heteroatoms. The fourth-order valence-electron chi connectivity index (χ4n) is 2.89. The number of nitro groups is 1. The number of hydrogen-bond acceptors (Lipinski definition) is 7. The summed E-state index contributed by atoms with van der Waals surface area (Å²) in [6.45, 7) is 2.81. The Hall–Kier alpha value is -4.01. The van der Waals surface area contributed by atoms with Gasteiger partial charge in [-0.05, 0) is 36.8 Å². The molecule has 1 aromatic heterocycles. The van der Waals surface area contributed by atoms with Crippen LogP contribution < -0.4 is 15.7 Å². The van der Waals surface area contributed by atoms with E-state index in [0.717, 1.165) is 30.6 Å². The van der Waals surface area contributed by atoms with Crippen LogP contribution in [-0.2, 0) is 0 Å². The lowest BCUT2D eigenvalue weighted by atomic mass is 10.1. The monoisotopic (exact) mass is 421 g/mol. The van der Waals surface area contributed by atoms with Gasteiger partial charge in [0.15, 0.2) is 0 Å². The first-order valence-electron chi connectivity index (χ1n) is 9.94. The van der Waals surface area contributed by atoms with Crippen molar-refractivity contribution >= 4 is 17.6 Å². The van der Waals surface area contributed by atoms with Gasteiger partial charge in [-0.25, -0.2) is 5.10 Å². The Morgan fingerprint density at radius 1 is 1.19 bits per heavy atom. The first kappa shape index (κ1) is 21.7. The molecule has 31 heavy (non-hydrogen) atoms. The van der Waals surface area contributed by atoms with Crippen LogP contribution in [0.5, 0.6) is 5.75 Å². The average molecular weight is 421 g/mol. The summed E-state index contributed by atoms with van der Waals surface area (Å²) in [4.78, 5) is 22.4. The molecule has 0 aliphatic rings. The highest BCUT2D eigenvalue weighted by atomic mass is 16.6. The summed E-state index contributed by atoms with van der Waals surface area (Å²) < 4.78 is 5.72. The van der Waals surface area contributed by atoms with E-state index in [-0.39, 0.29) is 5.69 Å². The van der Waals surface area contributed by atoms with E-state index >= 15 is 0 Å². The van der Waals surface area contributed by atoms with Crippen LogP contribution in [-0.4, -0.2) is 27.9 Å². The van der Waals surface area contributed by atoms with E-state index in [2.05, 4.69) is 27.6 Å². The summed E-state index contributed by atoms with van der Waals surface area (Å²) in [5.74, 6) is 0.758. The predicted octanol–water partition coefficient (Wildman–Crippen LogP) is 4.36. The molecule has 0 aliphatic carbocycles. The number of H-pyrrole nitrogens is 1. The maximum Gasteiger partial charge on any atom is 0.278 e. The van der Waals surface area contributed by atoms with Gasteiger partial charge < -0.3 is 4.74 Å². The molecule has 9 nitrogen and oxygen atoms in total. The fraction of sp³-hybridized carbons (Fsp3) is 0.227. The third-order valence-corrected chi connectivity index (χ3v) is 4.47. The van der Waals surface area contributed by atoms with E-state index in [0.29, 0.717) is 23.6 Å². The highest BCUT2D eigenvalue weighted by Crippen LogP contribution is 2.26. The van der Waals surface area contributed by atoms with Gasteiger partial charge in [0, 0.05) is 17.7 Å². The highest BCUT2D eigenvalue weighted by Gasteiger charge is 2.11. The van der Waals surface area contributed by atoms with Gasteiger partial charge in [0.05, 0.1) is 29.0 Å². The molecule has 0 amide bonds. The summed E-state index contributed by atoms with van der Waals surface area (Å²) >= 11 is 0. The van der Waals surface area contributed by atoms with Crippen molar-refractivity contribution in [2.45, 2.75) is 26.2 Å². The minimum absolute atomic E-state index is 0.0631. The number of hydrogen-bond donors (Lipinski definition) is 2. The van der Waals surface area contributed by atoms with Gasteiger partial charge in [-0.15, -0.1) is 0 Å². The lowest BCUT2D eigenvalue weighted by molar-refractivity contribution is -0.385. The molecule has 1 heterocycles. The van der Waals surface area contributed by atoms with Crippen LogP contribution in [0.15, 0.2) is 64.5 Å². The van der Waals surface area contributed by atoms with Crippen LogP contribution >= 0.6 is 0 Å². The molecule has 0 saturated carbocycles. The van der Waals surface area contributed by atoms with Crippen molar-refractivity contribution in [3.8, 4) is 17.0 Å². The second-order valence-corrected chi connectivity index (χ2v) is 6.76. The lowest BCUT2D eigenvalue weighted by Crippen LogP contribution is -2.10. The van der Waals surface area contributed by atoms with E-state index in [4.69, 9.17) is 4.74 Å². The molecule has 0 fully saturated rings. The molecule has 0 radical (unpaired) electrons. The van der Waals surface area contributed by atoms with Crippen molar-refractivity contribution in [1.29, 1.82) is 0 Å². The maximum absolute atomic E-state index is 11.8. The Kier molecular flexibility index (Phi) is 7.47. The van der Waals surface area contributed by atoms with Crippen molar-refractivity contribution in [2.24, 2.45) is 5.10 Å². The Morgan fingerprint density at radius 2 is 1.97 bits per heavy atom. The Labute approximate surface area is 178 Å². The minimum atomic E-state index is -0.479. The summed E-state index contributed by atoms with van der Waals surface area (Å²) in [7, 11) is 0. The molecule has 0 atom stereocenters. The number of nitrogens with one attached hydrogen (secondary N) is 2. The predicted molar refractivity (Wildman–Crippen MR) is 120 cm³/mol. The molecule has 2 N–H and O–H groups in total. The number of rotatable bonds is 10. The van der Waals surface area contributed by atoms with E-state index < -0.39 is 10.5 Å². The molecule has 2 aromatic carbocycles. The van der Waals surface area contributed by atoms with Crippen molar-refractivity contribution in [3.05, 3.63) is 80.6 Å². The van der Waals surface area contributed by atoms with E-state index in [1.807, 2.05) is 24.3 Å². The van der Waals surface area contributed by atoms with Crippen molar-refractivity contribution in [2.75, 3.05) is 12.0 Å². The standard InChI is InChI=1S/C22H23N5O4/c1-2-3-6-13-31-18-11-9-16(10-12-18)22-19(14-21(28)25-26-22)24-23-15-17-7-4-5-8-20(17)27(29)30/h4-5,7-12,14-15H,2-3,6,13H2,1H3,(H2,24,25,28)/b23-15-. The van der Waals surface area contributed by atoms with Gasteiger partial charge >= 0.3 is 0 Å². The zero-order chi connectivity index (χ0) is 22.1. The zero-order valence-corrected chi connectivity index (χ0v) is 17.1. The van der Waals surface area contributed by atoms with Gasteiger partial charge in [0.2, 0.25) is 0 Å². The van der Waals surface area contributed by atoms with Crippen molar-refractivity contribution in [3.63, 3.8) is 0 Å². The van der Waals surface area contributed by atoms with Crippen LogP contribution in [0, 0.1) is 10.1 Å². The minimum Gasteiger partial charge on any atom is -0.494 e. The third kappa shape index (κ3) is 5.99. The topological polar surface area (TPSA) is 123 Å². The van der Waals surface area contributed by atoms with Crippen LogP contribution in [0.25, 0.3) is 11.3 Å². The van der Waals surface area contributed by atoms with E-state index in [9.17, 15) is 14.9 Å². The van der Waals surface area contributed by atoms with Crippen LogP contribution in [0.3, 0.4) is 0 Å². The summed E-state index contributed by atoms with van der Waals surface area (Å²) in [5.41, 5.74) is 4.24. The second-order valence-electron chi connectivity index (χ2n) is 6.76. The smallest absolute Gasteiger partial charge is 0.278 e. The van der Waals surface area contributed by atoms with Crippen molar-refractivity contribution in [1.82, 2.24) is 10.2 Å². The fourth-order valence-corrected chi connectivity index (χ4v) is 2.89. The number of unbranched alkanes of at least 4 members (excludes halogenated alkanes) is 2. The molecule has 3 rings (SSSR count). The van der Waals surface area contributed by atoms with Gasteiger partial charge in [-0.1, -0.05) is 31.9 Å². The van der Waals surface area contributed by atoms with E-state index in [1.165, 1.54) is 18.3 Å². The SMILES string of the molecule is CCCCCOc1ccc(-c2n[nH]c(=O)cc2N/N=C\c2ccccc2[N+](=O)[O-])cc1. The lowest BCUT2D eigenvalue weighted by Gasteiger charge is -2.09. The Morgan fingerprint density at radius 3 is 2.71 bits per heavy atom. The number of para-hydroxylation sites is 1. The number of ether oxygens (including phenoxy) is 1. The van der Waals surface area contributed by atoms with Gasteiger partial charge in [-0.3, -0.25) is 20.3 Å². The van der Waals surface area contributed by atoms with Gasteiger partial charge in [0.1, 0.15) is 11.4 Å². The number of benzene rings is 2. The second kappa shape index (κ2) is 10.7. The summed E-state index contributed by atoms with van der Waals surface area (Å²) in [6, 6.07) is 14.9. The first-order chi connectivity index (χ1) is 15.1. The van der Waals surface area contributed by atoms with Crippen LogP contribution in [0.1, 0.15) is 31.7 Å². The quantitative estimate of drug-likeness (QED) is 0.217. The molecule has 0 spiro atoms. The Bertz CT molecular complexity index is 1110. The normalized spacial score (nSPS) is 10.9. The molecule has 0 aliphatic heterocycles. The number of anilines is 1. The molecule has 0 unspecified atom stereocenters. The first-order valence-corrected chi connectivity index (χ1v) is 9.94. The van der Waals surface area contributed by atoms with Crippen molar-refractivity contribution < 1.29 is 9.66 Å². The number of aromatic nitrogens is 2. The molecule has 3 aromatic rings. The zero-order valence-electron chi connectivity index (χ0n) is 17.1. The number of nitro benzene ring substituents is 1. The largest absolute Gasteiger partial charge is 0.494 e. The highest BCUT2D eigenvalue weighted by molar-refractivity contribution is 5.86.